The summed E-state index contributed by atoms with van der Waals surface area (Å²) in [4.78, 5) is 35.8. The van der Waals surface area contributed by atoms with Crippen molar-refractivity contribution in [1.29, 1.82) is 0 Å². The van der Waals surface area contributed by atoms with E-state index >= 15 is 0 Å². The number of rotatable bonds is 5. The Kier molecular flexibility index (Phi) is 6.95. The van der Waals surface area contributed by atoms with E-state index in [0.717, 1.165) is 12.1 Å². The second-order valence-electron chi connectivity index (χ2n) is 6.39. The van der Waals surface area contributed by atoms with E-state index in [-0.39, 0.29) is 32.8 Å². The van der Waals surface area contributed by atoms with Crippen molar-refractivity contribution in [3.63, 3.8) is 0 Å². The molecular weight excluding hydrogens is 450 g/mol. The first-order valence-corrected chi connectivity index (χ1v) is 9.72. The molecule has 1 fully saturated rings. The van der Waals surface area contributed by atoms with Crippen LogP contribution in [0.3, 0.4) is 0 Å². The molecule has 0 unspecified atom stereocenters. The van der Waals surface area contributed by atoms with Crippen LogP contribution in [0, 0.1) is 20.2 Å². The van der Waals surface area contributed by atoms with Crippen molar-refractivity contribution in [3.05, 3.63) is 67.2 Å². The van der Waals surface area contributed by atoms with Gasteiger partial charge in [0.1, 0.15) is 11.4 Å². The van der Waals surface area contributed by atoms with Crippen LogP contribution in [0.5, 0.6) is 0 Å². The zero-order chi connectivity index (χ0) is 22.5. The van der Waals surface area contributed by atoms with Crippen LogP contribution in [-0.4, -0.2) is 47.2 Å². The van der Waals surface area contributed by atoms with Gasteiger partial charge in [-0.15, -0.1) is 0 Å². The molecular formula is C18H16ClN5O6S. The van der Waals surface area contributed by atoms with Crippen molar-refractivity contribution in [1.82, 2.24) is 5.32 Å². The molecule has 0 saturated carbocycles. The van der Waals surface area contributed by atoms with E-state index in [1.165, 1.54) is 24.3 Å². The van der Waals surface area contributed by atoms with Crippen LogP contribution < -0.4 is 15.5 Å². The molecule has 13 heteroatoms. The van der Waals surface area contributed by atoms with Crippen molar-refractivity contribution < 1.29 is 19.4 Å². The minimum absolute atomic E-state index is 0.0125. The van der Waals surface area contributed by atoms with E-state index in [1.807, 2.05) is 4.90 Å². The molecule has 1 aliphatic rings. The Morgan fingerprint density at radius 2 is 1.74 bits per heavy atom. The van der Waals surface area contributed by atoms with Gasteiger partial charge >= 0.3 is 0 Å². The molecule has 2 aromatic carbocycles. The number of hydrogen-bond donors (Lipinski definition) is 2. The number of carbonyl (C=O) groups excluding carboxylic acids is 1. The predicted octanol–water partition coefficient (Wildman–Crippen LogP) is 3.12. The Morgan fingerprint density at radius 1 is 1.06 bits per heavy atom. The first-order chi connectivity index (χ1) is 14.8. The minimum Gasteiger partial charge on any atom is -0.378 e. The van der Waals surface area contributed by atoms with Crippen LogP contribution in [0.15, 0.2) is 36.4 Å². The second kappa shape index (κ2) is 9.64. The maximum absolute atomic E-state index is 12.5. The van der Waals surface area contributed by atoms with Crippen LogP contribution in [0.1, 0.15) is 10.4 Å². The molecule has 1 heterocycles. The lowest BCUT2D eigenvalue weighted by atomic mass is 10.1. The quantitative estimate of drug-likeness (QED) is 0.387. The number of anilines is 2. The lowest BCUT2D eigenvalue weighted by Crippen LogP contribution is -2.37. The van der Waals surface area contributed by atoms with Gasteiger partial charge in [0, 0.05) is 35.8 Å². The highest BCUT2D eigenvalue weighted by atomic mass is 35.5. The molecule has 11 nitrogen and oxygen atoms in total. The predicted molar refractivity (Wildman–Crippen MR) is 118 cm³/mol. The summed E-state index contributed by atoms with van der Waals surface area (Å²) in [6.07, 6.45) is 0. The van der Waals surface area contributed by atoms with E-state index in [4.69, 9.17) is 28.6 Å². The molecule has 1 amide bonds. The summed E-state index contributed by atoms with van der Waals surface area (Å²) in [6, 6.07) is 8.02. The monoisotopic (exact) mass is 465 g/mol. The highest BCUT2D eigenvalue weighted by molar-refractivity contribution is 7.80. The van der Waals surface area contributed by atoms with Crippen LogP contribution >= 0.6 is 23.8 Å². The van der Waals surface area contributed by atoms with Crippen LogP contribution in [0.2, 0.25) is 5.02 Å². The van der Waals surface area contributed by atoms with E-state index in [9.17, 15) is 25.0 Å². The summed E-state index contributed by atoms with van der Waals surface area (Å²) in [5.41, 5.74) is -0.106. The fourth-order valence-electron chi connectivity index (χ4n) is 2.97. The lowest BCUT2D eigenvalue weighted by molar-refractivity contribution is -0.384. The summed E-state index contributed by atoms with van der Waals surface area (Å²) < 4.78 is 5.26. The Labute approximate surface area is 186 Å². The van der Waals surface area contributed by atoms with Gasteiger partial charge in [0.2, 0.25) is 0 Å². The molecule has 31 heavy (non-hydrogen) atoms. The molecule has 2 aromatic rings. The molecule has 0 spiro atoms. The summed E-state index contributed by atoms with van der Waals surface area (Å²) in [5, 5.41) is 27.6. The normalized spacial score (nSPS) is 13.4. The number of morpholine rings is 1. The fraction of sp³-hybridized carbons (Fsp3) is 0.222. The van der Waals surface area contributed by atoms with Crippen molar-refractivity contribution in [2.45, 2.75) is 0 Å². The van der Waals surface area contributed by atoms with Crippen molar-refractivity contribution in [3.8, 4) is 0 Å². The number of carbonyl (C=O) groups is 1. The number of amides is 1. The number of nitrogens with zero attached hydrogens (tertiary/aromatic N) is 3. The van der Waals surface area contributed by atoms with Gasteiger partial charge < -0.3 is 15.0 Å². The number of ether oxygens (including phenoxy) is 1. The minimum atomic E-state index is -0.703. The third kappa shape index (κ3) is 5.42. The molecule has 0 bridgehead atoms. The smallest absolute Gasteiger partial charge is 0.294 e. The number of halogens is 1. The summed E-state index contributed by atoms with van der Waals surface area (Å²) >= 11 is 10.8. The maximum Gasteiger partial charge on any atom is 0.294 e. The number of hydrogen-bond acceptors (Lipinski definition) is 8. The van der Waals surface area contributed by atoms with Gasteiger partial charge in [-0.3, -0.25) is 30.3 Å². The van der Waals surface area contributed by atoms with E-state index in [0.29, 0.717) is 32.0 Å². The highest BCUT2D eigenvalue weighted by Gasteiger charge is 2.24. The number of nitrogens with one attached hydrogen (secondary N) is 2. The first kappa shape index (κ1) is 22.3. The van der Waals surface area contributed by atoms with Gasteiger partial charge in [0.05, 0.1) is 23.1 Å². The topological polar surface area (TPSA) is 140 Å². The van der Waals surface area contributed by atoms with E-state index in [2.05, 4.69) is 10.6 Å². The molecule has 0 aromatic heterocycles. The Balaban J connectivity index is 1.76. The zero-order valence-electron chi connectivity index (χ0n) is 15.9. The highest BCUT2D eigenvalue weighted by Crippen LogP contribution is 2.30. The molecule has 1 aliphatic heterocycles. The number of nitro benzene ring substituents is 2. The molecule has 0 aliphatic carbocycles. The first-order valence-electron chi connectivity index (χ1n) is 8.93. The summed E-state index contributed by atoms with van der Waals surface area (Å²) in [7, 11) is 0. The van der Waals surface area contributed by atoms with Crippen molar-refractivity contribution in [2.75, 3.05) is 36.5 Å². The third-order valence-corrected chi connectivity index (χ3v) is 4.86. The molecule has 3 rings (SSSR count). The van der Waals surface area contributed by atoms with Gasteiger partial charge in [-0.05, 0) is 36.5 Å². The molecule has 1 saturated heterocycles. The largest absolute Gasteiger partial charge is 0.378 e. The standard InChI is InChI=1S/C18H16ClN5O6S/c19-12-2-3-13(15(10-12)23(26)27)20-18(31)21-17(25)11-1-4-14(16(9-11)24(28)29)22-5-7-30-8-6-22/h1-4,9-10H,5-8H2,(H2,20,21,25,31). The SMILES string of the molecule is O=C(NC(=S)Nc1ccc(Cl)cc1[N+](=O)[O-])c1ccc(N2CCOCC2)c([N+](=O)[O-])c1. The van der Waals surface area contributed by atoms with E-state index in [1.54, 1.807) is 0 Å². The van der Waals surface area contributed by atoms with Gasteiger partial charge in [-0.25, -0.2) is 0 Å². The van der Waals surface area contributed by atoms with Crippen LogP contribution in [-0.2, 0) is 4.74 Å². The molecule has 2 N–H and O–H groups in total. The van der Waals surface area contributed by atoms with Gasteiger partial charge in [-0.1, -0.05) is 11.6 Å². The number of benzene rings is 2. The zero-order valence-corrected chi connectivity index (χ0v) is 17.4. The van der Waals surface area contributed by atoms with Crippen LogP contribution in [0.4, 0.5) is 22.7 Å². The molecule has 0 radical (unpaired) electrons. The van der Waals surface area contributed by atoms with Crippen molar-refractivity contribution >= 4 is 57.6 Å². The summed E-state index contributed by atoms with van der Waals surface area (Å²) in [6.45, 7) is 1.91. The second-order valence-corrected chi connectivity index (χ2v) is 7.23. The Bertz CT molecular complexity index is 1060. The van der Waals surface area contributed by atoms with Crippen LogP contribution in [0.25, 0.3) is 0 Å². The fourth-order valence-corrected chi connectivity index (χ4v) is 3.34. The molecule has 0 atom stereocenters. The number of thiocarbonyl (C=S) groups is 1. The van der Waals surface area contributed by atoms with Crippen molar-refractivity contribution in [2.24, 2.45) is 0 Å². The average molecular weight is 466 g/mol. The van der Waals surface area contributed by atoms with Gasteiger partial charge in [-0.2, -0.15) is 0 Å². The maximum atomic E-state index is 12.5. The third-order valence-electron chi connectivity index (χ3n) is 4.42. The Hall–Kier alpha value is -3.35. The van der Waals surface area contributed by atoms with E-state index < -0.39 is 15.8 Å². The molecule has 162 valence electrons. The summed E-state index contributed by atoms with van der Waals surface area (Å²) in [5.74, 6) is -0.703. The number of nitro groups is 2. The lowest BCUT2D eigenvalue weighted by Gasteiger charge is -2.28. The Morgan fingerprint density at radius 3 is 2.39 bits per heavy atom. The van der Waals surface area contributed by atoms with Gasteiger partial charge in [0.25, 0.3) is 17.3 Å². The average Bonchev–Trinajstić information content (AvgIpc) is 2.74. The van der Waals surface area contributed by atoms with Gasteiger partial charge in [0.15, 0.2) is 5.11 Å².